The number of benzene rings is 1. The lowest BCUT2D eigenvalue weighted by atomic mass is 10.2. The zero-order valence-electron chi connectivity index (χ0n) is 10.9. The highest BCUT2D eigenvalue weighted by Crippen LogP contribution is 2.20. The maximum Gasteiger partial charge on any atom is 0.321 e. The molecule has 1 aromatic carbocycles. The van der Waals surface area contributed by atoms with Crippen LogP contribution in [0.2, 0.25) is 0 Å². The number of nitrogens with zero attached hydrogens (tertiary/aromatic N) is 1. The van der Waals surface area contributed by atoms with E-state index < -0.39 is 5.97 Å². The van der Waals surface area contributed by atoms with Gasteiger partial charge in [0.1, 0.15) is 0 Å². The number of halogens is 1. The lowest BCUT2D eigenvalue weighted by Crippen LogP contribution is -2.36. The van der Waals surface area contributed by atoms with Crippen LogP contribution in [0.5, 0.6) is 0 Å². The van der Waals surface area contributed by atoms with Crippen molar-refractivity contribution in [2.75, 3.05) is 18.4 Å². The number of carboxylic acid groups (broad SMARTS) is 1. The quantitative estimate of drug-likeness (QED) is 0.872. The Morgan fingerprint density at radius 3 is 2.68 bits per heavy atom. The van der Waals surface area contributed by atoms with Crippen LogP contribution >= 0.6 is 15.9 Å². The van der Waals surface area contributed by atoms with Crippen molar-refractivity contribution in [1.29, 1.82) is 0 Å². The van der Waals surface area contributed by atoms with E-state index in [0.29, 0.717) is 12.2 Å². The van der Waals surface area contributed by atoms with E-state index in [9.17, 15) is 9.59 Å². The highest BCUT2D eigenvalue weighted by Gasteiger charge is 2.14. The van der Waals surface area contributed by atoms with Crippen LogP contribution in [0.3, 0.4) is 0 Å². The van der Waals surface area contributed by atoms with E-state index in [1.165, 1.54) is 4.90 Å². The van der Waals surface area contributed by atoms with Crippen molar-refractivity contribution in [3.05, 3.63) is 28.2 Å². The normalized spacial score (nSPS) is 10.1. The summed E-state index contributed by atoms with van der Waals surface area (Å²) in [6.45, 7) is 4.38. The predicted molar refractivity (Wildman–Crippen MR) is 77.4 cm³/mol. The fraction of sp³-hybridized carbons (Fsp3) is 0.385. The minimum Gasteiger partial charge on any atom is -0.481 e. The number of carboxylic acids is 1. The summed E-state index contributed by atoms with van der Waals surface area (Å²) in [4.78, 5) is 24.0. The summed E-state index contributed by atoms with van der Waals surface area (Å²) in [5, 5.41) is 11.4. The maximum absolute atomic E-state index is 12.0. The zero-order chi connectivity index (χ0) is 14.4. The largest absolute Gasteiger partial charge is 0.481 e. The number of aliphatic carboxylic acids is 1. The van der Waals surface area contributed by atoms with Gasteiger partial charge in [-0.1, -0.05) is 22.0 Å². The molecule has 0 aliphatic rings. The number of amides is 2. The molecule has 2 N–H and O–H groups in total. The second-order valence-corrected chi connectivity index (χ2v) is 5.03. The Morgan fingerprint density at radius 1 is 1.42 bits per heavy atom. The Balaban J connectivity index is 2.71. The Kier molecular flexibility index (Phi) is 5.82. The summed E-state index contributed by atoms with van der Waals surface area (Å²) in [6, 6.07) is 5.32. The van der Waals surface area contributed by atoms with Crippen molar-refractivity contribution in [2.45, 2.75) is 20.3 Å². The van der Waals surface area contributed by atoms with Crippen LogP contribution in [0.25, 0.3) is 0 Å². The number of aryl methyl sites for hydroxylation is 1. The van der Waals surface area contributed by atoms with Crippen molar-refractivity contribution in [3.8, 4) is 0 Å². The highest BCUT2D eigenvalue weighted by atomic mass is 79.9. The SMILES string of the molecule is CCN(CCC(=O)O)C(=O)Nc1cc(Br)ccc1C. The number of hydrogen-bond donors (Lipinski definition) is 2. The fourth-order valence-electron chi connectivity index (χ4n) is 1.56. The molecule has 5 nitrogen and oxygen atoms in total. The second-order valence-electron chi connectivity index (χ2n) is 4.11. The monoisotopic (exact) mass is 328 g/mol. The van der Waals surface area contributed by atoms with Crippen LogP contribution in [0, 0.1) is 6.92 Å². The highest BCUT2D eigenvalue weighted by molar-refractivity contribution is 9.10. The predicted octanol–water partition coefficient (Wildman–Crippen LogP) is 3.09. The van der Waals surface area contributed by atoms with E-state index in [2.05, 4.69) is 21.2 Å². The first-order chi connectivity index (χ1) is 8.93. The van der Waals surface area contributed by atoms with E-state index >= 15 is 0 Å². The minimum atomic E-state index is -0.912. The number of rotatable bonds is 5. The summed E-state index contributed by atoms with van der Waals surface area (Å²) in [5.41, 5.74) is 1.67. The molecule has 104 valence electrons. The van der Waals surface area contributed by atoms with Gasteiger partial charge in [-0.05, 0) is 31.5 Å². The van der Waals surface area contributed by atoms with E-state index in [-0.39, 0.29) is 19.0 Å². The third-order valence-corrected chi connectivity index (χ3v) is 3.20. The molecule has 0 unspecified atom stereocenters. The van der Waals surface area contributed by atoms with Crippen LogP contribution in [0.1, 0.15) is 18.9 Å². The van der Waals surface area contributed by atoms with Gasteiger partial charge in [0.25, 0.3) is 0 Å². The standard InChI is InChI=1S/C13H17BrN2O3/c1-3-16(7-6-12(17)18)13(19)15-11-8-10(14)5-4-9(11)2/h4-5,8H,3,6-7H2,1-2H3,(H,15,19)(H,17,18). The average molecular weight is 329 g/mol. The molecule has 0 aliphatic carbocycles. The lowest BCUT2D eigenvalue weighted by Gasteiger charge is -2.21. The van der Waals surface area contributed by atoms with Gasteiger partial charge in [-0.2, -0.15) is 0 Å². The van der Waals surface area contributed by atoms with E-state index in [4.69, 9.17) is 5.11 Å². The summed E-state index contributed by atoms with van der Waals surface area (Å²) >= 11 is 3.35. The van der Waals surface area contributed by atoms with E-state index in [1.807, 2.05) is 32.0 Å². The van der Waals surface area contributed by atoms with E-state index in [1.54, 1.807) is 0 Å². The molecule has 19 heavy (non-hydrogen) atoms. The van der Waals surface area contributed by atoms with Crippen molar-refractivity contribution >= 4 is 33.6 Å². The van der Waals surface area contributed by atoms with Gasteiger partial charge < -0.3 is 15.3 Å². The van der Waals surface area contributed by atoms with Crippen molar-refractivity contribution in [2.24, 2.45) is 0 Å². The van der Waals surface area contributed by atoms with E-state index in [0.717, 1.165) is 10.0 Å². The first kappa shape index (κ1) is 15.5. The first-order valence-electron chi connectivity index (χ1n) is 5.98. The van der Waals surface area contributed by atoms with Crippen molar-refractivity contribution in [3.63, 3.8) is 0 Å². The van der Waals surface area contributed by atoms with Crippen LogP contribution in [-0.4, -0.2) is 35.1 Å². The first-order valence-corrected chi connectivity index (χ1v) is 6.77. The number of anilines is 1. The molecule has 2 amide bonds. The number of nitrogens with one attached hydrogen (secondary N) is 1. The van der Waals surface area contributed by atoms with Crippen LogP contribution in [-0.2, 0) is 4.79 Å². The molecule has 0 radical (unpaired) electrons. The summed E-state index contributed by atoms with van der Waals surface area (Å²) < 4.78 is 0.877. The molecule has 0 heterocycles. The summed E-state index contributed by atoms with van der Waals surface area (Å²) in [5.74, 6) is -0.912. The number of carbonyl (C=O) groups is 2. The van der Waals surface area contributed by atoms with Gasteiger partial charge >= 0.3 is 12.0 Å². The van der Waals surface area contributed by atoms with Gasteiger partial charge in [0, 0.05) is 23.2 Å². The molecule has 0 atom stereocenters. The zero-order valence-corrected chi connectivity index (χ0v) is 12.5. The smallest absolute Gasteiger partial charge is 0.321 e. The Morgan fingerprint density at radius 2 is 2.11 bits per heavy atom. The van der Waals surface area contributed by atoms with Gasteiger partial charge in [0.15, 0.2) is 0 Å². The molecule has 1 rings (SSSR count). The maximum atomic E-state index is 12.0. The van der Waals surface area contributed by atoms with Crippen LogP contribution < -0.4 is 5.32 Å². The Bertz CT molecular complexity index is 477. The van der Waals surface area contributed by atoms with Crippen molar-refractivity contribution < 1.29 is 14.7 Å². The third kappa shape index (κ3) is 4.90. The second kappa shape index (κ2) is 7.13. The van der Waals surface area contributed by atoms with Gasteiger partial charge in [-0.15, -0.1) is 0 Å². The Hall–Kier alpha value is -1.56. The van der Waals surface area contributed by atoms with Gasteiger partial charge in [-0.25, -0.2) is 4.79 Å². The van der Waals surface area contributed by atoms with Gasteiger partial charge in [0.2, 0.25) is 0 Å². The molecule has 0 spiro atoms. The molecular weight excluding hydrogens is 312 g/mol. The topological polar surface area (TPSA) is 69.6 Å². The summed E-state index contributed by atoms with van der Waals surface area (Å²) in [7, 11) is 0. The van der Waals surface area contributed by atoms with Crippen LogP contribution in [0.4, 0.5) is 10.5 Å². The Labute approximate surface area is 120 Å². The number of hydrogen-bond acceptors (Lipinski definition) is 2. The number of urea groups is 1. The molecule has 0 fully saturated rings. The molecule has 0 saturated heterocycles. The third-order valence-electron chi connectivity index (χ3n) is 2.71. The fourth-order valence-corrected chi connectivity index (χ4v) is 1.92. The molecule has 1 aromatic rings. The number of carbonyl (C=O) groups excluding carboxylic acids is 1. The van der Waals surface area contributed by atoms with Crippen molar-refractivity contribution in [1.82, 2.24) is 4.90 Å². The average Bonchev–Trinajstić information content (AvgIpc) is 2.34. The molecule has 6 heteroatoms. The molecular formula is C13H17BrN2O3. The van der Waals surface area contributed by atoms with Gasteiger partial charge in [-0.3, -0.25) is 4.79 Å². The molecule has 0 aromatic heterocycles. The molecule has 0 saturated carbocycles. The molecule has 0 aliphatic heterocycles. The molecule has 0 bridgehead atoms. The van der Waals surface area contributed by atoms with Gasteiger partial charge in [0.05, 0.1) is 6.42 Å². The summed E-state index contributed by atoms with van der Waals surface area (Å²) in [6.07, 6.45) is -0.0568. The minimum absolute atomic E-state index is 0.0568. The lowest BCUT2D eigenvalue weighted by molar-refractivity contribution is -0.137. The van der Waals surface area contributed by atoms with Crippen LogP contribution in [0.15, 0.2) is 22.7 Å².